The summed E-state index contributed by atoms with van der Waals surface area (Å²) < 4.78 is 39.9. The number of benzene rings is 2. The summed E-state index contributed by atoms with van der Waals surface area (Å²) in [6.45, 7) is 2.68. The highest BCUT2D eigenvalue weighted by molar-refractivity contribution is 5.33. The first-order chi connectivity index (χ1) is 9.61. The van der Waals surface area contributed by atoms with Crippen LogP contribution in [0.3, 0.4) is 0 Å². The predicted octanol–water partition coefficient (Wildman–Crippen LogP) is 4.19. The lowest BCUT2D eigenvalue weighted by atomic mass is 9.98. The van der Waals surface area contributed by atoms with E-state index in [0.29, 0.717) is 12.1 Å². The second kappa shape index (κ2) is 6.57. The average molecular weight is 279 g/mol. The fraction of sp³-hybridized carbons (Fsp3) is 0.250. The monoisotopic (exact) mass is 279 g/mol. The molecule has 0 saturated carbocycles. The maximum absolute atomic E-state index is 13.9. The zero-order valence-corrected chi connectivity index (χ0v) is 11.2. The first-order valence-electron chi connectivity index (χ1n) is 6.55. The molecule has 0 heterocycles. The second-order valence-electron chi connectivity index (χ2n) is 4.60. The third kappa shape index (κ3) is 3.39. The van der Waals surface area contributed by atoms with Gasteiger partial charge in [0.25, 0.3) is 0 Å². The molecule has 0 fully saturated rings. The Labute approximate surface area is 116 Å². The molecule has 1 nitrogen and oxygen atoms in total. The summed E-state index contributed by atoms with van der Waals surface area (Å²) >= 11 is 0. The fourth-order valence-corrected chi connectivity index (χ4v) is 2.09. The van der Waals surface area contributed by atoms with E-state index in [9.17, 15) is 13.2 Å². The second-order valence-corrected chi connectivity index (χ2v) is 4.60. The zero-order valence-electron chi connectivity index (χ0n) is 11.2. The van der Waals surface area contributed by atoms with E-state index in [-0.39, 0.29) is 5.82 Å². The molecule has 4 heteroatoms. The van der Waals surface area contributed by atoms with Crippen LogP contribution in [0.4, 0.5) is 13.2 Å². The molecule has 0 aromatic heterocycles. The minimum atomic E-state index is -0.611. The van der Waals surface area contributed by atoms with E-state index >= 15 is 0 Å². The Hall–Kier alpha value is -1.81. The van der Waals surface area contributed by atoms with E-state index in [1.165, 1.54) is 24.3 Å². The Morgan fingerprint density at radius 1 is 0.950 bits per heavy atom. The quantitative estimate of drug-likeness (QED) is 0.865. The Kier molecular flexibility index (Phi) is 4.79. The van der Waals surface area contributed by atoms with Crippen molar-refractivity contribution in [1.29, 1.82) is 0 Å². The molecule has 1 atom stereocenters. The topological polar surface area (TPSA) is 12.0 Å². The summed E-state index contributed by atoms with van der Waals surface area (Å²) in [6.07, 6.45) is 0.876. The number of halogens is 3. The highest BCUT2D eigenvalue weighted by atomic mass is 19.1. The van der Waals surface area contributed by atoms with Gasteiger partial charge >= 0.3 is 0 Å². The van der Waals surface area contributed by atoms with Crippen LogP contribution in [0.5, 0.6) is 0 Å². The molecule has 0 saturated heterocycles. The Balaban J connectivity index is 2.38. The average Bonchev–Trinajstić information content (AvgIpc) is 2.42. The van der Waals surface area contributed by atoms with Crippen LogP contribution < -0.4 is 5.32 Å². The van der Waals surface area contributed by atoms with Crippen LogP contribution >= 0.6 is 0 Å². The minimum Gasteiger partial charge on any atom is -0.306 e. The summed E-state index contributed by atoms with van der Waals surface area (Å²) in [6, 6.07) is 8.95. The Bertz CT molecular complexity index is 566. The Morgan fingerprint density at radius 3 is 2.20 bits per heavy atom. The van der Waals surface area contributed by atoms with E-state index in [2.05, 4.69) is 5.32 Å². The summed E-state index contributed by atoms with van der Waals surface area (Å²) in [4.78, 5) is 0. The van der Waals surface area contributed by atoms with Crippen LogP contribution in [0.1, 0.15) is 30.5 Å². The number of hydrogen-bond acceptors (Lipinski definition) is 1. The van der Waals surface area contributed by atoms with E-state index in [1.54, 1.807) is 12.1 Å². The Morgan fingerprint density at radius 2 is 1.60 bits per heavy atom. The number of hydrogen-bond donors (Lipinski definition) is 1. The van der Waals surface area contributed by atoms with Crippen molar-refractivity contribution in [3.63, 3.8) is 0 Å². The molecule has 0 aliphatic carbocycles. The molecule has 0 radical (unpaired) electrons. The van der Waals surface area contributed by atoms with Crippen molar-refractivity contribution in [3.8, 4) is 0 Å². The van der Waals surface area contributed by atoms with E-state index in [0.717, 1.165) is 18.1 Å². The van der Waals surface area contributed by atoms with Gasteiger partial charge in [-0.2, -0.15) is 0 Å². The normalized spacial score (nSPS) is 12.4. The van der Waals surface area contributed by atoms with Gasteiger partial charge in [-0.1, -0.05) is 25.1 Å². The maximum Gasteiger partial charge on any atom is 0.131 e. The summed E-state index contributed by atoms with van der Waals surface area (Å²) in [5.74, 6) is -1.56. The standard InChI is InChI=1S/C16H16F3N/c1-2-9-20-16(11-3-5-12(17)6-4-11)14-8-7-13(18)10-15(14)19/h3-8,10,16,20H,2,9H2,1H3. The van der Waals surface area contributed by atoms with Crippen molar-refractivity contribution in [2.75, 3.05) is 6.54 Å². The smallest absolute Gasteiger partial charge is 0.131 e. The highest BCUT2D eigenvalue weighted by Crippen LogP contribution is 2.25. The van der Waals surface area contributed by atoms with Gasteiger partial charge in [-0.3, -0.25) is 0 Å². The number of rotatable bonds is 5. The summed E-state index contributed by atoms with van der Waals surface area (Å²) in [7, 11) is 0. The molecule has 1 N–H and O–H groups in total. The van der Waals surface area contributed by atoms with Crippen molar-refractivity contribution >= 4 is 0 Å². The number of nitrogens with one attached hydrogen (secondary N) is 1. The molecule has 0 aliphatic rings. The van der Waals surface area contributed by atoms with Crippen LogP contribution in [0, 0.1) is 17.5 Å². The third-order valence-corrected chi connectivity index (χ3v) is 3.08. The van der Waals surface area contributed by atoms with Gasteiger partial charge in [0.05, 0.1) is 6.04 Å². The summed E-state index contributed by atoms with van der Waals surface area (Å²) in [5, 5.41) is 3.20. The van der Waals surface area contributed by atoms with Crippen LogP contribution in [-0.2, 0) is 0 Å². The summed E-state index contributed by atoms with van der Waals surface area (Å²) in [5.41, 5.74) is 1.09. The van der Waals surface area contributed by atoms with Crippen molar-refractivity contribution in [2.24, 2.45) is 0 Å². The lowest BCUT2D eigenvalue weighted by Gasteiger charge is -2.20. The van der Waals surface area contributed by atoms with Crippen LogP contribution in [0.15, 0.2) is 42.5 Å². The van der Waals surface area contributed by atoms with Gasteiger partial charge < -0.3 is 5.32 Å². The predicted molar refractivity (Wildman–Crippen MR) is 72.9 cm³/mol. The highest BCUT2D eigenvalue weighted by Gasteiger charge is 2.17. The van der Waals surface area contributed by atoms with Crippen LogP contribution in [0.2, 0.25) is 0 Å². The lowest BCUT2D eigenvalue weighted by Crippen LogP contribution is -2.24. The maximum atomic E-state index is 13.9. The molecule has 2 aromatic carbocycles. The first kappa shape index (κ1) is 14.6. The molecule has 0 aliphatic heterocycles. The van der Waals surface area contributed by atoms with Gasteiger partial charge in [-0.05, 0) is 36.7 Å². The van der Waals surface area contributed by atoms with Gasteiger partial charge in [0, 0.05) is 11.6 Å². The van der Waals surface area contributed by atoms with Crippen molar-refractivity contribution in [3.05, 3.63) is 71.0 Å². The molecule has 20 heavy (non-hydrogen) atoms. The lowest BCUT2D eigenvalue weighted by molar-refractivity contribution is 0.532. The van der Waals surface area contributed by atoms with E-state index in [4.69, 9.17) is 0 Å². The van der Waals surface area contributed by atoms with E-state index in [1.807, 2.05) is 6.92 Å². The van der Waals surface area contributed by atoms with Crippen molar-refractivity contribution in [1.82, 2.24) is 5.32 Å². The zero-order chi connectivity index (χ0) is 14.5. The van der Waals surface area contributed by atoms with E-state index < -0.39 is 17.7 Å². The third-order valence-electron chi connectivity index (χ3n) is 3.08. The van der Waals surface area contributed by atoms with Crippen molar-refractivity contribution in [2.45, 2.75) is 19.4 Å². The molecule has 1 unspecified atom stereocenters. The van der Waals surface area contributed by atoms with Crippen LogP contribution in [0.25, 0.3) is 0 Å². The fourth-order valence-electron chi connectivity index (χ4n) is 2.09. The molecule has 0 amide bonds. The largest absolute Gasteiger partial charge is 0.306 e. The van der Waals surface area contributed by atoms with Gasteiger partial charge in [0.2, 0.25) is 0 Å². The molecule has 0 spiro atoms. The van der Waals surface area contributed by atoms with Crippen LogP contribution in [-0.4, -0.2) is 6.54 Å². The minimum absolute atomic E-state index is 0.345. The van der Waals surface area contributed by atoms with Gasteiger partial charge in [-0.25, -0.2) is 13.2 Å². The molecule has 2 rings (SSSR count). The van der Waals surface area contributed by atoms with Gasteiger partial charge in [0.1, 0.15) is 17.5 Å². The molecule has 0 bridgehead atoms. The van der Waals surface area contributed by atoms with Crippen molar-refractivity contribution < 1.29 is 13.2 Å². The molecule has 2 aromatic rings. The SMILES string of the molecule is CCCNC(c1ccc(F)cc1)c1ccc(F)cc1F. The molecular formula is C16H16F3N. The molecule has 106 valence electrons. The first-order valence-corrected chi connectivity index (χ1v) is 6.55. The molecular weight excluding hydrogens is 263 g/mol. The van der Waals surface area contributed by atoms with Gasteiger partial charge in [-0.15, -0.1) is 0 Å². The van der Waals surface area contributed by atoms with Gasteiger partial charge in [0.15, 0.2) is 0 Å².